The number of hydrogen-bond donors (Lipinski definition) is 2. The van der Waals surface area contributed by atoms with Crippen molar-refractivity contribution in [2.75, 3.05) is 5.32 Å². The van der Waals surface area contributed by atoms with Crippen LogP contribution in [0.25, 0.3) is 11.1 Å². The Kier molecular flexibility index (Phi) is 6.17. The van der Waals surface area contributed by atoms with Gasteiger partial charge in [-0.25, -0.2) is 4.79 Å². The zero-order valence-corrected chi connectivity index (χ0v) is 17.2. The van der Waals surface area contributed by atoms with Crippen LogP contribution in [-0.4, -0.2) is 22.6 Å². The van der Waals surface area contributed by atoms with Gasteiger partial charge in [0.1, 0.15) is 5.60 Å². The van der Waals surface area contributed by atoms with E-state index < -0.39 is 17.7 Å². The molecule has 1 aromatic carbocycles. The molecular weight excluding hydrogens is 380 g/mol. The molecule has 0 spiro atoms. The minimum atomic E-state index is -0.615. The van der Waals surface area contributed by atoms with E-state index in [4.69, 9.17) is 4.74 Å². The third-order valence-corrected chi connectivity index (χ3v) is 4.40. The monoisotopic (exact) mass is 404 g/mol. The summed E-state index contributed by atoms with van der Waals surface area (Å²) in [6.45, 7) is 5.41. The third-order valence-electron chi connectivity index (χ3n) is 4.40. The van der Waals surface area contributed by atoms with Crippen molar-refractivity contribution in [1.82, 2.24) is 10.3 Å². The molecule has 0 saturated carbocycles. The van der Waals surface area contributed by atoms with Gasteiger partial charge >= 0.3 is 6.09 Å². The fourth-order valence-corrected chi connectivity index (χ4v) is 3.10. The van der Waals surface area contributed by atoms with Crippen LogP contribution in [0.1, 0.15) is 50.9 Å². The van der Waals surface area contributed by atoms with Crippen molar-refractivity contribution in [3.05, 3.63) is 59.9 Å². The van der Waals surface area contributed by atoms with Gasteiger partial charge in [-0.15, -0.1) is 0 Å². The van der Waals surface area contributed by atoms with E-state index in [-0.39, 0.29) is 12.3 Å². The second-order valence-electron chi connectivity index (χ2n) is 8.00. The molecule has 2 N–H and O–H groups in total. The van der Waals surface area contributed by atoms with Gasteiger partial charge in [0.25, 0.3) is 0 Å². The van der Waals surface area contributed by atoms with Crippen molar-refractivity contribution < 1.29 is 14.3 Å². The van der Waals surface area contributed by atoms with Gasteiger partial charge in [-0.3, -0.25) is 9.78 Å². The lowest BCUT2D eigenvalue weighted by atomic mass is 9.99. The number of alkyl carbamates (subject to hydrolysis) is 1. The summed E-state index contributed by atoms with van der Waals surface area (Å²) in [6, 6.07) is 10.5. The molecule has 7 heteroatoms. The van der Waals surface area contributed by atoms with Gasteiger partial charge in [0.05, 0.1) is 23.4 Å². The highest BCUT2D eigenvalue weighted by molar-refractivity contribution is 5.96. The third kappa shape index (κ3) is 5.45. The molecular formula is C23H24N4O3. The minimum Gasteiger partial charge on any atom is -0.444 e. The first-order chi connectivity index (χ1) is 14.2. The second kappa shape index (κ2) is 8.78. The van der Waals surface area contributed by atoms with Gasteiger partial charge in [-0.2, -0.15) is 5.26 Å². The molecule has 0 fully saturated rings. The fraction of sp³-hybridized carbons (Fsp3) is 0.304. The predicted molar refractivity (Wildman–Crippen MR) is 114 cm³/mol. The molecule has 7 nitrogen and oxygen atoms in total. The highest BCUT2D eigenvalue weighted by Gasteiger charge is 2.22. The van der Waals surface area contributed by atoms with Gasteiger partial charge in [0, 0.05) is 23.9 Å². The number of pyridine rings is 1. The molecule has 0 aliphatic carbocycles. The lowest BCUT2D eigenvalue weighted by molar-refractivity contribution is -0.115. The Morgan fingerprint density at radius 1 is 1.27 bits per heavy atom. The number of amides is 2. The average molecular weight is 404 g/mol. The van der Waals surface area contributed by atoms with Crippen LogP contribution in [0.4, 0.5) is 10.5 Å². The van der Waals surface area contributed by atoms with E-state index in [1.165, 1.54) is 0 Å². The van der Waals surface area contributed by atoms with Crippen molar-refractivity contribution in [3.63, 3.8) is 0 Å². The van der Waals surface area contributed by atoms with E-state index in [9.17, 15) is 14.9 Å². The number of fused-ring (bicyclic) bond motifs is 4. The van der Waals surface area contributed by atoms with Gasteiger partial charge in [-0.05, 0) is 57.0 Å². The van der Waals surface area contributed by atoms with Crippen LogP contribution in [0, 0.1) is 11.3 Å². The Balaban J connectivity index is 2.02. The number of carbonyl (C=O) groups is 2. The summed E-state index contributed by atoms with van der Waals surface area (Å²) >= 11 is 0. The van der Waals surface area contributed by atoms with E-state index in [2.05, 4.69) is 21.7 Å². The van der Waals surface area contributed by atoms with Crippen LogP contribution in [0.2, 0.25) is 0 Å². The van der Waals surface area contributed by atoms with Crippen molar-refractivity contribution in [2.45, 2.75) is 45.3 Å². The Bertz CT molecular complexity index is 1030. The first kappa shape index (κ1) is 21.1. The smallest absolute Gasteiger partial charge is 0.408 e. The summed E-state index contributed by atoms with van der Waals surface area (Å²) in [5, 5.41) is 15.0. The first-order valence-corrected chi connectivity index (χ1v) is 9.70. The molecule has 1 atom stereocenters. The molecule has 30 heavy (non-hydrogen) atoms. The standard InChI is InChI=1S/C23H24N4O3/c1-23(2,3)30-22(29)27-18-6-4-5-7-21(28)26-19-12-15(14-24)8-9-17(19)16-10-11-25-20(18)13-16/h4-5,8-13,18H,6-7H2,1-3H3,(H,26,28)(H,27,29)/b5-4-/t18-/m0/s1. The summed E-state index contributed by atoms with van der Waals surface area (Å²) in [5.74, 6) is -0.186. The van der Waals surface area contributed by atoms with Crippen molar-refractivity contribution in [1.29, 1.82) is 5.26 Å². The molecule has 2 amide bonds. The Morgan fingerprint density at radius 2 is 2.07 bits per heavy atom. The quantitative estimate of drug-likeness (QED) is 0.682. The molecule has 0 radical (unpaired) electrons. The molecule has 154 valence electrons. The summed E-state index contributed by atoms with van der Waals surface area (Å²) in [5.41, 5.74) is 2.66. The number of ether oxygens (including phenoxy) is 1. The highest BCUT2D eigenvalue weighted by Crippen LogP contribution is 2.31. The van der Waals surface area contributed by atoms with Crippen LogP contribution < -0.4 is 10.6 Å². The zero-order valence-electron chi connectivity index (χ0n) is 17.2. The normalized spacial score (nSPS) is 17.3. The van der Waals surface area contributed by atoms with Crippen LogP contribution in [-0.2, 0) is 9.53 Å². The Morgan fingerprint density at radius 3 is 2.80 bits per heavy atom. The number of rotatable bonds is 1. The predicted octanol–water partition coefficient (Wildman–Crippen LogP) is 4.47. The number of nitrogens with one attached hydrogen (secondary N) is 2. The second-order valence-corrected chi connectivity index (χ2v) is 8.00. The number of carbonyl (C=O) groups excluding carboxylic acids is 2. The largest absolute Gasteiger partial charge is 0.444 e. The van der Waals surface area contributed by atoms with E-state index >= 15 is 0 Å². The molecule has 2 aromatic rings. The number of nitrogens with zero attached hydrogens (tertiary/aromatic N) is 2. The van der Waals surface area contributed by atoms with Crippen molar-refractivity contribution >= 4 is 17.7 Å². The van der Waals surface area contributed by atoms with Gasteiger partial charge in [-0.1, -0.05) is 18.2 Å². The van der Waals surface area contributed by atoms with Crippen molar-refractivity contribution in [3.8, 4) is 17.2 Å². The molecule has 2 heterocycles. The number of anilines is 1. The number of hydrogen-bond acceptors (Lipinski definition) is 5. The zero-order chi connectivity index (χ0) is 21.7. The van der Waals surface area contributed by atoms with E-state index in [0.29, 0.717) is 23.4 Å². The van der Waals surface area contributed by atoms with Crippen LogP contribution in [0.5, 0.6) is 0 Å². The SMILES string of the molecule is CC(C)(C)OC(=O)N[C@H]1C/C=C\CC(=O)Nc2cc(C#N)ccc2-c2ccnc1c2. The van der Waals surface area contributed by atoms with Gasteiger partial charge in [0.2, 0.25) is 5.91 Å². The summed E-state index contributed by atoms with van der Waals surface area (Å²) < 4.78 is 5.39. The molecule has 1 aliphatic rings. The molecule has 1 aliphatic heterocycles. The summed E-state index contributed by atoms with van der Waals surface area (Å²) in [4.78, 5) is 29.1. The molecule has 2 bridgehead atoms. The van der Waals surface area contributed by atoms with Crippen LogP contribution in [0.15, 0.2) is 48.7 Å². The summed E-state index contributed by atoms with van der Waals surface area (Å²) in [7, 11) is 0. The number of benzene rings is 1. The van der Waals surface area contributed by atoms with E-state index in [0.717, 1.165) is 11.1 Å². The molecule has 1 aromatic heterocycles. The van der Waals surface area contributed by atoms with E-state index in [1.54, 1.807) is 51.2 Å². The van der Waals surface area contributed by atoms with Gasteiger partial charge in [0.15, 0.2) is 0 Å². The first-order valence-electron chi connectivity index (χ1n) is 9.70. The molecule has 0 saturated heterocycles. The maximum absolute atomic E-state index is 12.4. The van der Waals surface area contributed by atoms with Crippen LogP contribution >= 0.6 is 0 Å². The lowest BCUT2D eigenvalue weighted by Gasteiger charge is -2.23. The minimum absolute atomic E-state index is 0.177. The van der Waals surface area contributed by atoms with Gasteiger partial charge < -0.3 is 15.4 Å². The molecule has 0 unspecified atom stereocenters. The van der Waals surface area contributed by atoms with Crippen molar-refractivity contribution in [2.24, 2.45) is 0 Å². The maximum Gasteiger partial charge on any atom is 0.408 e. The average Bonchev–Trinajstić information content (AvgIpc) is 2.68. The lowest BCUT2D eigenvalue weighted by Crippen LogP contribution is -2.35. The number of aromatic nitrogens is 1. The highest BCUT2D eigenvalue weighted by atomic mass is 16.6. The summed E-state index contributed by atoms with van der Waals surface area (Å²) in [6.07, 6.45) is 5.35. The number of nitriles is 1. The Labute approximate surface area is 175 Å². The molecule has 3 rings (SSSR count). The Hall–Kier alpha value is -3.66. The maximum atomic E-state index is 12.4. The topological polar surface area (TPSA) is 104 Å². The van der Waals surface area contributed by atoms with Crippen LogP contribution in [0.3, 0.4) is 0 Å². The van der Waals surface area contributed by atoms with E-state index in [1.807, 2.05) is 18.2 Å². The fourth-order valence-electron chi connectivity index (χ4n) is 3.10.